The summed E-state index contributed by atoms with van der Waals surface area (Å²) in [5, 5.41) is 5.27. The molecule has 1 atom stereocenters. The molecule has 0 aliphatic heterocycles. The number of unbranched alkanes of at least 4 members (excludes halogenated alkanes) is 1. The molecule has 2 N–H and O–H groups in total. The number of hydrogen-bond donors (Lipinski definition) is 2. The fraction of sp³-hybridized carbons (Fsp3) is 0.500. The minimum Gasteiger partial charge on any atom is -0.444 e. The van der Waals surface area contributed by atoms with Crippen LogP contribution in [0, 0.1) is 12.3 Å². The molecule has 1 rings (SSSR count). The summed E-state index contributed by atoms with van der Waals surface area (Å²) >= 11 is 0. The van der Waals surface area contributed by atoms with E-state index in [1.54, 1.807) is 45.0 Å². The number of ether oxygens (including phenoxy) is 1. The van der Waals surface area contributed by atoms with Gasteiger partial charge in [0.25, 0.3) is 0 Å². The first-order chi connectivity index (χ1) is 13.6. The number of rotatable bonds is 8. The molecule has 29 heavy (non-hydrogen) atoms. The minimum absolute atomic E-state index is 0.303. The Morgan fingerprint density at radius 1 is 1.21 bits per heavy atom. The van der Waals surface area contributed by atoms with Crippen molar-refractivity contribution in [2.75, 3.05) is 20.1 Å². The smallest absolute Gasteiger partial charge is 0.408 e. The molecule has 1 unspecified atom stereocenters. The summed E-state index contributed by atoms with van der Waals surface area (Å²) in [6.07, 6.45) is 6.64. The highest BCUT2D eigenvalue weighted by Crippen LogP contribution is 2.23. The maximum atomic E-state index is 12.9. The second kappa shape index (κ2) is 11.1. The molecule has 1 aromatic rings. The standard InChI is InChI=1S/C22H31N3O4/c1-7-9-14-23-20(27)19(17-13-11-10-12-16(17)8-2)25(6)18(26)15-24-21(28)29-22(3,4)5/h2,10-13,19H,7,9,14-15H2,1,3-6H3,(H,23,27)(H,24,28). The predicted octanol–water partition coefficient (Wildman–Crippen LogP) is 2.61. The van der Waals surface area contributed by atoms with E-state index in [0.717, 1.165) is 12.8 Å². The van der Waals surface area contributed by atoms with Gasteiger partial charge in [-0.05, 0) is 38.8 Å². The molecule has 3 amide bonds. The van der Waals surface area contributed by atoms with Crippen molar-refractivity contribution < 1.29 is 19.1 Å². The van der Waals surface area contributed by atoms with Gasteiger partial charge in [0.1, 0.15) is 18.2 Å². The molecule has 0 fully saturated rings. The van der Waals surface area contributed by atoms with Crippen LogP contribution in [-0.2, 0) is 14.3 Å². The Balaban J connectivity index is 2.99. The molecule has 7 nitrogen and oxygen atoms in total. The minimum atomic E-state index is -0.910. The number of hydrogen-bond acceptors (Lipinski definition) is 4. The van der Waals surface area contributed by atoms with E-state index in [0.29, 0.717) is 17.7 Å². The van der Waals surface area contributed by atoms with Gasteiger partial charge < -0.3 is 20.3 Å². The number of amides is 3. The second-order valence-electron chi connectivity index (χ2n) is 7.64. The zero-order chi connectivity index (χ0) is 22.0. The number of carbonyl (C=O) groups is 3. The molecule has 0 aromatic heterocycles. The Bertz CT molecular complexity index is 762. The van der Waals surface area contributed by atoms with Crippen molar-refractivity contribution >= 4 is 17.9 Å². The first-order valence-electron chi connectivity index (χ1n) is 9.66. The first-order valence-corrected chi connectivity index (χ1v) is 9.66. The Kier molecular flexibility index (Phi) is 9.20. The summed E-state index contributed by atoms with van der Waals surface area (Å²) in [5.41, 5.74) is 0.409. The number of benzene rings is 1. The zero-order valence-electron chi connectivity index (χ0n) is 17.9. The number of carbonyl (C=O) groups excluding carboxylic acids is 3. The van der Waals surface area contributed by atoms with Crippen LogP contribution >= 0.6 is 0 Å². The lowest BCUT2D eigenvalue weighted by atomic mass is 9.98. The first kappa shape index (κ1) is 24.0. The predicted molar refractivity (Wildman–Crippen MR) is 112 cm³/mol. The Hall–Kier alpha value is -3.01. The molecule has 158 valence electrons. The Labute approximate surface area is 173 Å². The van der Waals surface area contributed by atoms with Crippen LogP contribution in [0.1, 0.15) is 57.7 Å². The molecule has 1 aromatic carbocycles. The molecule has 0 spiro atoms. The second-order valence-corrected chi connectivity index (χ2v) is 7.64. The van der Waals surface area contributed by atoms with Crippen LogP contribution in [0.5, 0.6) is 0 Å². The molecule has 0 bridgehead atoms. The van der Waals surface area contributed by atoms with Crippen molar-refractivity contribution in [1.82, 2.24) is 15.5 Å². The summed E-state index contributed by atoms with van der Waals surface area (Å²) in [6, 6.07) is 6.08. The SMILES string of the molecule is C#Cc1ccccc1C(C(=O)NCCCC)N(C)C(=O)CNC(=O)OC(C)(C)C. The van der Waals surface area contributed by atoms with E-state index in [1.165, 1.54) is 11.9 Å². The van der Waals surface area contributed by atoms with Gasteiger partial charge in [-0.15, -0.1) is 6.42 Å². The molecular weight excluding hydrogens is 370 g/mol. The van der Waals surface area contributed by atoms with Gasteiger partial charge in [0, 0.05) is 19.2 Å². The molecule has 0 aliphatic rings. The summed E-state index contributed by atoms with van der Waals surface area (Å²) in [6.45, 7) is 7.41. The molecule has 0 heterocycles. The van der Waals surface area contributed by atoms with Gasteiger partial charge in [-0.2, -0.15) is 0 Å². The molecule has 0 saturated carbocycles. The van der Waals surface area contributed by atoms with E-state index in [4.69, 9.17) is 11.2 Å². The van der Waals surface area contributed by atoms with Crippen LogP contribution in [0.15, 0.2) is 24.3 Å². The van der Waals surface area contributed by atoms with E-state index in [2.05, 4.69) is 16.6 Å². The number of terminal acetylenes is 1. The van der Waals surface area contributed by atoms with Crippen LogP contribution in [0.25, 0.3) is 0 Å². The van der Waals surface area contributed by atoms with Crippen molar-refractivity contribution in [3.8, 4) is 12.3 Å². The van der Waals surface area contributed by atoms with Crippen LogP contribution < -0.4 is 10.6 Å². The van der Waals surface area contributed by atoms with Gasteiger partial charge >= 0.3 is 6.09 Å². The van der Waals surface area contributed by atoms with Gasteiger partial charge in [-0.25, -0.2) is 4.79 Å². The molecule has 0 saturated heterocycles. The quantitative estimate of drug-likeness (QED) is 0.518. The molecule has 0 aliphatic carbocycles. The third-order valence-electron chi connectivity index (χ3n) is 4.05. The fourth-order valence-corrected chi connectivity index (χ4v) is 2.61. The van der Waals surface area contributed by atoms with Crippen molar-refractivity contribution in [3.05, 3.63) is 35.4 Å². The maximum Gasteiger partial charge on any atom is 0.408 e. The fourth-order valence-electron chi connectivity index (χ4n) is 2.61. The number of nitrogens with zero attached hydrogens (tertiary/aromatic N) is 1. The van der Waals surface area contributed by atoms with Crippen LogP contribution in [0.4, 0.5) is 4.79 Å². The van der Waals surface area contributed by atoms with Gasteiger partial charge in [0.15, 0.2) is 0 Å². The number of alkyl carbamates (subject to hydrolysis) is 1. The van der Waals surface area contributed by atoms with Gasteiger partial charge in [0.2, 0.25) is 11.8 Å². The summed E-state index contributed by atoms with van der Waals surface area (Å²) in [5.74, 6) is 1.79. The van der Waals surface area contributed by atoms with Crippen molar-refractivity contribution in [1.29, 1.82) is 0 Å². The van der Waals surface area contributed by atoms with E-state index in [9.17, 15) is 14.4 Å². The third-order valence-corrected chi connectivity index (χ3v) is 4.05. The average Bonchev–Trinajstić information content (AvgIpc) is 2.65. The van der Waals surface area contributed by atoms with Gasteiger partial charge in [0.05, 0.1) is 0 Å². The lowest BCUT2D eigenvalue weighted by Crippen LogP contribution is -2.46. The van der Waals surface area contributed by atoms with Crippen molar-refractivity contribution in [2.24, 2.45) is 0 Å². The summed E-state index contributed by atoms with van der Waals surface area (Å²) in [7, 11) is 1.51. The van der Waals surface area contributed by atoms with E-state index < -0.39 is 23.6 Å². The maximum absolute atomic E-state index is 12.9. The van der Waals surface area contributed by atoms with Gasteiger partial charge in [-0.3, -0.25) is 9.59 Å². The highest BCUT2D eigenvalue weighted by molar-refractivity contribution is 5.90. The summed E-state index contributed by atoms with van der Waals surface area (Å²) in [4.78, 5) is 38.7. The molecule has 7 heteroatoms. The largest absolute Gasteiger partial charge is 0.444 e. The number of nitrogens with one attached hydrogen (secondary N) is 2. The van der Waals surface area contributed by atoms with Crippen LogP contribution in [-0.4, -0.2) is 48.5 Å². The topological polar surface area (TPSA) is 87.7 Å². The zero-order valence-corrected chi connectivity index (χ0v) is 17.9. The normalized spacial score (nSPS) is 11.7. The lowest BCUT2D eigenvalue weighted by molar-refractivity contribution is -0.138. The Morgan fingerprint density at radius 3 is 2.45 bits per heavy atom. The lowest BCUT2D eigenvalue weighted by Gasteiger charge is -2.29. The van der Waals surface area contributed by atoms with Crippen molar-refractivity contribution in [2.45, 2.75) is 52.2 Å². The Morgan fingerprint density at radius 2 is 1.86 bits per heavy atom. The third kappa shape index (κ3) is 7.86. The highest BCUT2D eigenvalue weighted by Gasteiger charge is 2.30. The summed E-state index contributed by atoms with van der Waals surface area (Å²) < 4.78 is 5.14. The van der Waals surface area contributed by atoms with Gasteiger partial charge in [-0.1, -0.05) is 37.5 Å². The van der Waals surface area contributed by atoms with E-state index in [-0.39, 0.29) is 12.5 Å². The van der Waals surface area contributed by atoms with Crippen LogP contribution in [0.2, 0.25) is 0 Å². The molecular formula is C22H31N3O4. The number of likely N-dealkylation sites (N-methyl/N-ethyl adjacent to an activating group) is 1. The molecule has 0 radical (unpaired) electrons. The average molecular weight is 402 g/mol. The van der Waals surface area contributed by atoms with Crippen LogP contribution in [0.3, 0.4) is 0 Å². The van der Waals surface area contributed by atoms with E-state index >= 15 is 0 Å². The highest BCUT2D eigenvalue weighted by atomic mass is 16.6. The van der Waals surface area contributed by atoms with E-state index in [1.807, 2.05) is 6.92 Å². The van der Waals surface area contributed by atoms with Crippen molar-refractivity contribution in [3.63, 3.8) is 0 Å². The monoisotopic (exact) mass is 401 g/mol.